The molecule has 0 heterocycles. The zero-order chi connectivity index (χ0) is 40.5. The summed E-state index contributed by atoms with van der Waals surface area (Å²) >= 11 is 0. The Balaban J connectivity index is 1.11. The second-order valence-corrected chi connectivity index (χ2v) is 16.9. The Hall–Kier alpha value is -7.28. The predicted octanol–water partition coefficient (Wildman–Crippen LogP) is 14.9. The first-order chi connectivity index (χ1) is 30.2. The Labute approximate surface area is 359 Å². The van der Waals surface area contributed by atoms with Crippen LogP contribution >= 0.6 is 0 Å². The van der Waals surface area contributed by atoms with Crippen molar-refractivity contribution in [2.24, 2.45) is 0 Å². The van der Waals surface area contributed by atoms with Gasteiger partial charge in [-0.1, -0.05) is 225 Å². The molecule has 0 amide bonds. The van der Waals surface area contributed by atoms with Crippen LogP contribution in [0.1, 0.15) is 80.1 Å². The summed E-state index contributed by atoms with van der Waals surface area (Å²) in [7, 11) is 0. The molecule has 4 aliphatic carbocycles. The molecule has 0 atom stereocenters. The van der Waals surface area contributed by atoms with E-state index in [1.807, 2.05) is 0 Å². The highest BCUT2D eigenvalue weighted by molar-refractivity contribution is 5.99. The lowest BCUT2D eigenvalue weighted by atomic mass is 9.52. The maximum absolute atomic E-state index is 2.50. The Bertz CT molecular complexity index is 3100. The van der Waals surface area contributed by atoms with E-state index < -0.39 is 10.8 Å². The third kappa shape index (κ3) is 4.94. The van der Waals surface area contributed by atoms with Crippen LogP contribution in [0.4, 0.5) is 0 Å². The molecule has 0 radical (unpaired) electrons. The van der Waals surface area contributed by atoms with Gasteiger partial charge >= 0.3 is 0 Å². The van der Waals surface area contributed by atoms with Crippen molar-refractivity contribution in [1.82, 2.24) is 0 Å². The maximum atomic E-state index is 2.50. The number of hydrogen-bond acceptors (Lipinski definition) is 0. The fraction of sp³-hybridized carbons (Fsp3) is 0.0820. The fourth-order valence-electron chi connectivity index (χ4n) is 11.8. The minimum absolute atomic E-state index is 0.455. The van der Waals surface area contributed by atoms with Gasteiger partial charge in [0.15, 0.2) is 0 Å². The van der Waals surface area contributed by atoms with Crippen LogP contribution in [0.25, 0.3) is 45.5 Å². The normalized spacial score (nSPS) is 15.5. The van der Waals surface area contributed by atoms with Gasteiger partial charge in [0, 0.05) is 0 Å². The molecule has 61 heavy (non-hydrogen) atoms. The Morgan fingerprint density at radius 2 is 1.00 bits per heavy atom. The van der Waals surface area contributed by atoms with Crippen LogP contribution in [-0.2, 0) is 17.3 Å². The van der Waals surface area contributed by atoms with E-state index in [4.69, 9.17) is 0 Å². The van der Waals surface area contributed by atoms with Gasteiger partial charge in [-0.3, -0.25) is 0 Å². The van der Waals surface area contributed by atoms with E-state index in [0.29, 0.717) is 0 Å². The van der Waals surface area contributed by atoms with Gasteiger partial charge in [0.1, 0.15) is 0 Å². The second-order valence-electron chi connectivity index (χ2n) is 16.9. The third-order valence-corrected chi connectivity index (χ3v) is 14.0. The fourth-order valence-corrected chi connectivity index (χ4v) is 11.8. The molecule has 0 bridgehead atoms. The van der Waals surface area contributed by atoms with Crippen LogP contribution in [0.15, 0.2) is 218 Å². The van der Waals surface area contributed by atoms with Gasteiger partial charge in [0.05, 0.1) is 10.8 Å². The van der Waals surface area contributed by atoms with Gasteiger partial charge in [-0.05, 0) is 125 Å². The van der Waals surface area contributed by atoms with Gasteiger partial charge in [0.25, 0.3) is 0 Å². The lowest BCUT2D eigenvalue weighted by molar-refractivity contribution is 0.632. The number of hydrogen-bond donors (Lipinski definition) is 0. The van der Waals surface area contributed by atoms with Crippen molar-refractivity contribution < 1.29 is 0 Å². The van der Waals surface area contributed by atoms with Gasteiger partial charge < -0.3 is 0 Å². The summed E-state index contributed by atoms with van der Waals surface area (Å²) in [6, 6.07) is 68.8. The molecule has 0 fully saturated rings. The van der Waals surface area contributed by atoms with Crippen molar-refractivity contribution in [3.8, 4) is 33.4 Å². The van der Waals surface area contributed by atoms with Crippen molar-refractivity contribution in [2.45, 2.75) is 30.6 Å². The van der Waals surface area contributed by atoms with Gasteiger partial charge in [-0.15, -0.1) is 0 Å². The number of allylic oxidation sites excluding steroid dienone is 6. The van der Waals surface area contributed by atoms with Crippen LogP contribution in [-0.4, -0.2) is 0 Å². The first kappa shape index (κ1) is 35.6. The molecular formula is C61H44. The highest BCUT2D eigenvalue weighted by atomic mass is 14.6. The molecule has 0 heteroatoms. The molecule has 0 saturated heterocycles. The molecule has 288 valence electrons. The SMILES string of the molecule is C\C=C/C(=C\C=C\c1ccccc1)C/C=C/c1cccc2c1-c1c(ccc3c1Cc1ccccc1-3)C21c2ccccc2C2(c3ccccc3-c3ccccc32)c2ccccc21. The average molecular weight is 777 g/mol. The van der Waals surface area contributed by atoms with E-state index in [0.717, 1.165) is 12.8 Å². The van der Waals surface area contributed by atoms with Crippen molar-refractivity contribution in [3.63, 3.8) is 0 Å². The summed E-state index contributed by atoms with van der Waals surface area (Å²) < 4.78 is 0. The summed E-state index contributed by atoms with van der Waals surface area (Å²) in [6.07, 6.45) is 17.5. The number of benzene rings is 8. The van der Waals surface area contributed by atoms with Gasteiger partial charge in [0.2, 0.25) is 0 Å². The van der Waals surface area contributed by atoms with E-state index in [2.05, 4.69) is 231 Å². The van der Waals surface area contributed by atoms with Crippen molar-refractivity contribution >= 4 is 12.2 Å². The molecule has 0 N–H and O–H groups in total. The molecule has 2 spiro atoms. The lowest BCUT2D eigenvalue weighted by Gasteiger charge is -2.48. The molecule has 4 aliphatic rings. The molecule has 0 saturated carbocycles. The highest BCUT2D eigenvalue weighted by Crippen LogP contribution is 2.68. The monoisotopic (exact) mass is 776 g/mol. The quantitative estimate of drug-likeness (QED) is 0.148. The third-order valence-electron chi connectivity index (χ3n) is 14.0. The van der Waals surface area contributed by atoms with E-state index in [1.165, 1.54) is 106 Å². The van der Waals surface area contributed by atoms with Crippen LogP contribution < -0.4 is 0 Å². The first-order valence-electron chi connectivity index (χ1n) is 21.7. The summed E-state index contributed by atoms with van der Waals surface area (Å²) in [5.41, 5.74) is 24.8. The number of fused-ring (bicyclic) bond motifs is 20. The van der Waals surface area contributed by atoms with Gasteiger partial charge in [-0.25, -0.2) is 0 Å². The van der Waals surface area contributed by atoms with Crippen LogP contribution in [0, 0.1) is 0 Å². The van der Waals surface area contributed by atoms with Crippen LogP contribution in [0.5, 0.6) is 0 Å². The van der Waals surface area contributed by atoms with Crippen molar-refractivity contribution in [2.75, 3.05) is 0 Å². The lowest BCUT2D eigenvalue weighted by Crippen LogP contribution is -2.43. The zero-order valence-electron chi connectivity index (χ0n) is 34.3. The second kappa shape index (κ2) is 13.9. The predicted molar refractivity (Wildman–Crippen MR) is 255 cm³/mol. The Kier molecular flexibility index (Phi) is 8.12. The molecule has 0 unspecified atom stereocenters. The summed E-state index contributed by atoms with van der Waals surface area (Å²) in [6.45, 7) is 2.10. The first-order valence-corrected chi connectivity index (χ1v) is 21.7. The minimum Gasteiger partial charge on any atom is -0.0874 e. The molecule has 0 nitrogen and oxygen atoms in total. The van der Waals surface area contributed by atoms with Crippen molar-refractivity contribution in [1.29, 1.82) is 0 Å². The largest absolute Gasteiger partial charge is 0.0874 e. The number of rotatable bonds is 6. The molecule has 8 aromatic rings. The average Bonchev–Trinajstić information content (AvgIpc) is 3.94. The van der Waals surface area contributed by atoms with E-state index in [9.17, 15) is 0 Å². The Morgan fingerprint density at radius 1 is 0.459 bits per heavy atom. The van der Waals surface area contributed by atoms with E-state index in [1.54, 1.807) is 0 Å². The molecule has 0 aromatic heterocycles. The van der Waals surface area contributed by atoms with E-state index >= 15 is 0 Å². The molecule has 0 aliphatic heterocycles. The standard InChI is InChI=1S/C61H44/c1-2-19-41(22-16-23-42-20-4-3-5-21-42)24-17-26-43-27-18-37-56-58(43)59-49-40-44-25-6-7-28-45(44)46(49)38-39-57(59)61(56)54-35-14-12-33-52(54)60(53-34-13-15-36-55(53)61)50-31-10-8-29-47(50)48-30-9-11-32-51(48)60/h2-23,25-39H,24,40H2,1H3/b19-2-,23-16+,26-17+,41-22+. The Morgan fingerprint density at radius 3 is 1.66 bits per heavy atom. The van der Waals surface area contributed by atoms with Crippen LogP contribution in [0.2, 0.25) is 0 Å². The smallest absolute Gasteiger partial charge is 0.0720 e. The topological polar surface area (TPSA) is 0 Å². The van der Waals surface area contributed by atoms with Crippen LogP contribution in [0.3, 0.4) is 0 Å². The molecule has 8 aromatic carbocycles. The molecular weight excluding hydrogens is 733 g/mol. The van der Waals surface area contributed by atoms with Gasteiger partial charge in [-0.2, -0.15) is 0 Å². The zero-order valence-corrected chi connectivity index (χ0v) is 34.3. The summed E-state index contributed by atoms with van der Waals surface area (Å²) in [5.74, 6) is 0. The summed E-state index contributed by atoms with van der Waals surface area (Å²) in [4.78, 5) is 0. The molecule has 12 rings (SSSR count). The minimum atomic E-state index is -0.526. The summed E-state index contributed by atoms with van der Waals surface area (Å²) in [5, 5.41) is 0. The highest BCUT2D eigenvalue weighted by Gasteiger charge is 2.59. The van der Waals surface area contributed by atoms with Crippen molar-refractivity contribution in [3.05, 3.63) is 285 Å². The maximum Gasteiger partial charge on any atom is 0.0720 e. The van der Waals surface area contributed by atoms with E-state index in [-0.39, 0.29) is 0 Å².